The van der Waals surface area contributed by atoms with E-state index < -0.39 is 0 Å². The van der Waals surface area contributed by atoms with E-state index in [9.17, 15) is 0 Å². The molecule has 0 aliphatic carbocycles. The van der Waals surface area contributed by atoms with Gasteiger partial charge in [0.1, 0.15) is 0 Å². The Bertz CT molecular complexity index is 524. The number of benzene rings is 1. The Morgan fingerprint density at radius 3 is 3.00 bits per heavy atom. The Kier molecular flexibility index (Phi) is 3.35. The number of aryl methyl sites for hydroxylation is 1. The summed E-state index contributed by atoms with van der Waals surface area (Å²) in [5, 5.41) is 8.41. The van der Waals surface area contributed by atoms with Gasteiger partial charge in [-0.3, -0.25) is 0 Å². The number of aromatic amines is 1. The first kappa shape index (κ1) is 11.8. The molecule has 3 N–H and O–H groups in total. The second-order valence-electron chi connectivity index (χ2n) is 5.11. The lowest BCUT2D eigenvalue weighted by molar-refractivity contribution is 0.417. The van der Waals surface area contributed by atoms with Gasteiger partial charge in [0.25, 0.3) is 0 Å². The summed E-state index contributed by atoms with van der Waals surface area (Å²) >= 11 is 0. The molecule has 1 aliphatic heterocycles. The van der Waals surface area contributed by atoms with Crippen molar-refractivity contribution in [1.29, 1.82) is 0 Å². The van der Waals surface area contributed by atoms with E-state index in [1.165, 1.54) is 22.0 Å². The summed E-state index contributed by atoms with van der Waals surface area (Å²) in [5.41, 5.74) is 4.10. The highest BCUT2D eigenvalue weighted by atomic mass is 15.0. The third-order valence-electron chi connectivity index (χ3n) is 3.83. The second kappa shape index (κ2) is 5.12. The molecular weight excluding hydrogens is 222 g/mol. The predicted octanol–water partition coefficient (Wildman–Crippen LogP) is 1.83. The van der Waals surface area contributed by atoms with Gasteiger partial charge < -0.3 is 15.6 Å². The van der Waals surface area contributed by atoms with E-state index in [1.807, 2.05) is 0 Å². The molecule has 1 unspecified atom stereocenters. The Hall–Kier alpha value is -1.32. The van der Waals surface area contributed by atoms with Gasteiger partial charge in [-0.1, -0.05) is 13.0 Å². The summed E-state index contributed by atoms with van der Waals surface area (Å²) in [5.74, 6) is 0. The number of hydrogen-bond acceptors (Lipinski definition) is 2. The van der Waals surface area contributed by atoms with Crippen LogP contribution in [0.4, 0.5) is 0 Å². The van der Waals surface area contributed by atoms with Gasteiger partial charge in [-0.25, -0.2) is 0 Å². The Labute approximate surface area is 108 Å². The molecule has 1 saturated heterocycles. The second-order valence-corrected chi connectivity index (χ2v) is 5.11. The van der Waals surface area contributed by atoms with Crippen LogP contribution in [0.25, 0.3) is 10.9 Å². The Morgan fingerprint density at radius 1 is 1.28 bits per heavy atom. The molecule has 2 heterocycles. The average Bonchev–Trinajstić information content (AvgIpc) is 2.82. The van der Waals surface area contributed by atoms with Crippen molar-refractivity contribution in [3.05, 3.63) is 35.5 Å². The normalized spacial score (nSPS) is 20.4. The summed E-state index contributed by atoms with van der Waals surface area (Å²) < 4.78 is 0. The molecule has 1 atom stereocenters. The van der Waals surface area contributed by atoms with Crippen molar-refractivity contribution in [3.8, 4) is 0 Å². The van der Waals surface area contributed by atoms with Crippen molar-refractivity contribution in [2.75, 3.05) is 19.6 Å². The summed E-state index contributed by atoms with van der Waals surface area (Å²) in [4.78, 5) is 3.38. The zero-order chi connectivity index (χ0) is 12.4. The van der Waals surface area contributed by atoms with Gasteiger partial charge in [-0.15, -0.1) is 0 Å². The maximum atomic E-state index is 3.57. The molecular formula is C15H21N3. The summed E-state index contributed by atoms with van der Waals surface area (Å²) in [7, 11) is 0. The number of hydrogen-bond donors (Lipinski definition) is 3. The smallest absolute Gasteiger partial charge is 0.0456 e. The van der Waals surface area contributed by atoms with Crippen LogP contribution in [0.15, 0.2) is 24.4 Å². The SMILES string of the molecule is CCc1ccc2[nH]cc(CC3CNCCN3)c2c1. The quantitative estimate of drug-likeness (QED) is 0.770. The molecule has 3 rings (SSSR count). The van der Waals surface area contributed by atoms with Crippen molar-refractivity contribution in [2.24, 2.45) is 0 Å². The number of H-pyrrole nitrogens is 1. The molecule has 0 spiro atoms. The molecule has 0 saturated carbocycles. The van der Waals surface area contributed by atoms with Crippen LogP contribution < -0.4 is 10.6 Å². The first-order valence-electron chi connectivity index (χ1n) is 6.90. The van der Waals surface area contributed by atoms with Crippen LogP contribution >= 0.6 is 0 Å². The molecule has 96 valence electrons. The molecule has 1 aromatic carbocycles. The van der Waals surface area contributed by atoms with Crippen LogP contribution in [0.2, 0.25) is 0 Å². The molecule has 1 aliphatic rings. The van der Waals surface area contributed by atoms with Gasteiger partial charge in [-0.2, -0.15) is 0 Å². The highest BCUT2D eigenvalue weighted by Crippen LogP contribution is 2.21. The maximum Gasteiger partial charge on any atom is 0.0456 e. The molecule has 3 nitrogen and oxygen atoms in total. The summed E-state index contributed by atoms with van der Waals surface area (Å²) in [6, 6.07) is 7.30. The van der Waals surface area contributed by atoms with Crippen molar-refractivity contribution >= 4 is 10.9 Å². The minimum atomic E-state index is 0.558. The van der Waals surface area contributed by atoms with Gasteiger partial charge in [0.05, 0.1) is 0 Å². The molecule has 2 aromatic rings. The van der Waals surface area contributed by atoms with Crippen molar-refractivity contribution in [2.45, 2.75) is 25.8 Å². The van der Waals surface area contributed by atoms with E-state index in [2.05, 4.69) is 46.9 Å². The topological polar surface area (TPSA) is 39.9 Å². The predicted molar refractivity (Wildman–Crippen MR) is 76.0 cm³/mol. The number of aromatic nitrogens is 1. The summed E-state index contributed by atoms with van der Waals surface area (Å²) in [6.45, 7) is 5.44. The molecule has 0 radical (unpaired) electrons. The monoisotopic (exact) mass is 243 g/mol. The van der Waals surface area contributed by atoms with Crippen LogP contribution in [0, 0.1) is 0 Å². The van der Waals surface area contributed by atoms with Gasteiger partial charge in [0.2, 0.25) is 0 Å². The fraction of sp³-hybridized carbons (Fsp3) is 0.467. The number of fused-ring (bicyclic) bond motifs is 1. The highest BCUT2D eigenvalue weighted by molar-refractivity contribution is 5.84. The fourth-order valence-electron chi connectivity index (χ4n) is 2.74. The molecule has 3 heteroatoms. The third kappa shape index (κ3) is 2.28. The first-order chi connectivity index (χ1) is 8.86. The van der Waals surface area contributed by atoms with Crippen LogP contribution in [-0.4, -0.2) is 30.7 Å². The minimum Gasteiger partial charge on any atom is -0.361 e. The number of rotatable bonds is 3. The van der Waals surface area contributed by atoms with E-state index in [-0.39, 0.29) is 0 Å². The van der Waals surface area contributed by atoms with E-state index in [4.69, 9.17) is 0 Å². The molecule has 1 aromatic heterocycles. The number of piperazine rings is 1. The lowest BCUT2D eigenvalue weighted by Crippen LogP contribution is -2.49. The Morgan fingerprint density at radius 2 is 2.22 bits per heavy atom. The van der Waals surface area contributed by atoms with Crippen LogP contribution in [0.1, 0.15) is 18.1 Å². The molecule has 18 heavy (non-hydrogen) atoms. The zero-order valence-electron chi connectivity index (χ0n) is 10.9. The largest absolute Gasteiger partial charge is 0.361 e. The minimum absolute atomic E-state index is 0.558. The maximum absolute atomic E-state index is 3.57. The highest BCUT2D eigenvalue weighted by Gasteiger charge is 2.14. The van der Waals surface area contributed by atoms with Gasteiger partial charge in [0.15, 0.2) is 0 Å². The van der Waals surface area contributed by atoms with E-state index in [0.29, 0.717) is 6.04 Å². The molecule has 1 fully saturated rings. The lowest BCUT2D eigenvalue weighted by Gasteiger charge is -2.24. The van der Waals surface area contributed by atoms with Gasteiger partial charge in [-0.05, 0) is 36.1 Å². The first-order valence-corrected chi connectivity index (χ1v) is 6.90. The van der Waals surface area contributed by atoms with Crippen LogP contribution in [0.5, 0.6) is 0 Å². The van der Waals surface area contributed by atoms with Crippen molar-refractivity contribution in [3.63, 3.8) is 0 Å². The van der Waals surface area contributed by atoms with E-state index in [1.54, 1.807) is 0 Å². The van der Waals surface area contributed by atoms with E-state index >= 15 is 0 Å². The zero-order valence-corrected chi connectivity index (χ0v) is 10.9. The van der Waals surface area contributed by atoms with Crippen LogP contribution in [-0.2, 0) is 12.8 Å². The van der Waals surface area contributed by atoms with Crippen molar-refractivity contribution < 1.29 is 0 Å². The third-order valence-corrected chi connectivity index (χ3v) is 3.83. The fourth-order valence-corrected chi connectivity index (χ4v) is 2.74. The summed E-state index contributed by atoms with van der Waals surface area (Å²) in [6.07, 6.45) is 4.37. The van der Waals surface area contributed by atoms with E-state index in [0.717, 1.165) is 32.5 Å². The van der Waals surface area contributed by atoms with Gasteiger partial charge in [0, 0.05) is 42.8 Å². The standard InChI is InChI=1S/C15H21N3/c1-2-11-3-4-15-14(7-11)12(9-18-15)8-13-10-16-5-6-17-13/h3-4,7,9,13,16-18H,2,5-6,8,10H2,1H3. The average molecular weight is 243 g/mol. The lowest BCUT2D eigenvalue weighted by atomic mass is 10.0. The van der Waals surface area contributed by atoms with Crippen LogP contribution in [0.3, 0.4) is 0 Å². The van der Waals surface area contributed by atoms with Gasteiger partial charge >= 0.3 is 0 Å². The Balaban J connectivity index is 1.86. The van der Waals surface area contributed by atoms with Crippen molar-refractivity contribution in [1.82, 2.24) is 15.6 Å². The molecule has 0 bridgehead atoms. The molecule has 0 amide bonds. The number of nitrogens with one attached hydrogen (secondary N) is 3.